The van der Waals surface area contributed by atoms with E-state index in [0.717, 1.165) is 41.9 Å². The minimum absolute atomic E-state index is 0.00512. The van der Waals surface area contributed by atoms with Crippen LogP contribution in [0, 0.1) is 6.92 Å². The molecular formula is C20H22N4O2. The minimum Gasteiger partial charge on any atom is -0.349 e. The van der Waals surface area contributed by atoms with Gasteiger partial charge in [-0.05, 0) is 49.6 Å². The first-order valence-corrected chi connectivity index (χ1v) is 8.93. The van der Waals surface area contributed by atoms with Crippen molar-refractivity contribution in [3.8, 4) is 11.3 Å². The number of nitrogens with one attached hydrogen (secondary N) is 1. The second-order valence-corrected chi connectivity index (χ2v) is 7.03. The molecule has 1 saturated carbocycles. The van der Waals surface area contributed by atoms with E-state index in [1.807, 2.05) is 37.3 Å². The zero-order valence-electron chi connectivity index (χ0n) is 15.0. The van der Waals surface area contributed by atoms with Crippen LogP contribution in [0.5, 0.6) is 0 Å². The van der Waals surface area contributed by atoms with Crippen LogP contribution < -0.4 is 10.2 Å². The van der Waals surface area contributed by atoms with Crippen LogP contribution in [-0.2, 0) is 0 Å². The monoisotopic (exact) mass is 350 g/mol. The Balaban J connectivity index is 1.58. The van der Waals surface area contributed by atoms with Crippen molar-refractivity contribution in [3.63, 3.8) is 0 Å². The molecule has 3 amide bonds. The molecule has 0 atom stereocenters. The van der Waals surface area contributed by atoms with E-state index >= 15 is 0 Å². The maximum Gasteiger partial charge on any atom is 0.324 e. The summed E-state index contributed by atoms with van der Waals surface area (Å²) in [5.41, 5.74) is 4.24. The summed E-state index contributed by atoms with van der Waals surface area (Å²) in [6, 6.07) is 9.84. The van der Waals surface area contributed by atoms with Gasteiger partial charge in [-0.15, -0.1) is 0 Å². The molecule has 2 heterocycles. The smallest absolute Gasteiger partial charge is 0.324 e. The van der Waals surface area contributed by atoms with Crippen LogP contribution in [0.4, 0.5) is 10.5 Å². The highest BCUT2D eigenvalue weighted by molar-refractivity contribution is 5.96. The van der Waals surface area contributed by atoms with Crippen molar-refractivity contribution in [3.05, 3.63) is 47.7 Å². The third kappa shape index (κ3) is 3.14. The van der Waals surface area contributed by atoms with Crippen LogP contribution in [0.1, 0.15) is 28.8 Å². The lowest BCUT2D eigenvalue weighted by Gasteiger charge is -2.16. The molecule has 1 aromatic heterocycles. The fraction of sp³-hybridized carbons (Fsp3) is 0.350. The van der Waals surface area contributed by atoms with E-state index < -0.39 is 0 Å². The van der Waals surface area contributed by atoms with Crippen molar-refractivity contribution in [2.45, 2.75) is 25.8 Å². The van der Waals surface area contributed by atoms with Crippen LogP contribution >= 0.6 is 0 Å². The largest absolute Gasteiger partial charge is 0.349 e. The number of anilines is 1. The Kier molecular flexibility index (Phi) is 4.11. The third-order valence-electron chi connectivity index (χ3n) is 4.96. The molecule has 2 fully saturated rings. The lowest BCUT2D eigenvalue weighted by Crippen LogP contribution is -2.29. The summed E-state index contributed by atoms with van der Waals surface area (Å²) in [6.45, 7) is 3.40. The standard InChI is InChI=1S/C20H22N4O2/c1-13-3-4-14(19(25)22-15-5-6-15)11-17(13)18-8-7-16(12-21-18)24-10-9-23(2)20(24)26/h3-4,7-8,11-12,15H,5-6,9-10H2,1-2H3,(H,22,25). The Hall–Kier alpha value is -2.89. The molecule has 0 spiro atoms. The summed E-state index contributed by atoms with van der Waals surface area (Å²) in [4.78, 5) is 32.4. The minimum atomic E-state index is -0.0314. The molecule has 1 N–H and O–H groups in total. The van der Waals surface area contributed by atoms with Crippen LogP contribution in [0.25, 0.3) is 11.3 Å². The molecule has 0 bridgehead atoms. The van der Waals surface area contributed by atoms with Gasteiger partial charge >= 0.3 is 6.03 Å². The van der Waals surface area contributed by atoms with E-state index in [0.29, 0.717) is 18.2 Å². The molecule has 1 aliphatic carbocycles. The number of hydrogen-bond acceptors (Lipinski definition) is 3. The number of aryl methyl sites for hydroxylation is 1. The quantitative estimate of drug-likeness (QED) is 0.922. The molecule has 4 rings (SSSR count). The zero-order chi connectivity index (χ0) is 18.3. The predicted octanol–water partition coefficient (Wildman–Crippen LogP) is 2.82. The predicted molar refractivity (Wildman–Crippen MR) is 100 cm³/mol. The Morgan fingerprint density at radius 1 is 1.19 bits per heavy atom. The van der Waals surface area contributed by atoms with Gasteiger partial charge in [-0.1, -0.05) is 6.07 Å². The number of carbonyl (C=O) groups is 2. The number of carbonyl (C=O) groups excluding carboxylic acids is 2. The molecule has 1 saturated heterocycles. The molecule has 134 valence electrons. The van der Waals surface area contributed by atoms with Crippen LogP contribution in [0.15, 0.2) is 36.5 Å². The van der Waals surface area contributed by atoms with Gasteiger partial charge in [0.05, 0.1) is 17.6 Å². The van der Waals surface area contributed by atoms with Gasteiger partial charge < -0.3 is 10.2 Å². The Bertz CT molecular complexity index is 859. The topological polar surface area (TPSA) is 65.5 Å². The maximum absolute atomic E-state index is 12.3. The summed E-state index contributed by atoms with van der Waals surface area (Å²) in [7, 11) is 1.80. The number of hydrogen-bond donors (Lipinski definition) is 1. The molecule has 0 unspecified atom stereocenters. The van der Waals surface area contributed by atoms with Gasteiger partial charge in [0, 0.05) is 37.3 Å². The molecular weight excluding hydrogens is 328 g/mol. The highest BCUT2D eigenvalue weighted by Crippen LogP contribution is 2.27. The summed E-state index contributed by atoms with van der Waals surface area (Å²) in [5, 5.41) is 3.02. The summed E-state index contributed by atoms with van der Waals surface area (Å²) in [5.74, 6) is -0.0314. The number of likely N-dealkylation sites (N-methyl/N-ethyl adjacent to an activating group) is 1. The summed E-state index contributed by atoms with van der Waals surface area (Å²) < 4.78 is 0. The third-order valence-corrected chi connectivity index (χ3v) is 4.96. The highest BCUT2D eigenvalue weighted by atomic mass is 16.2. The number of amides is 3. The van der Waals surface area contributed by atoms with Gasteiger partial charge in [0.25, 0.3) is 5.91 Å². The van der Waals surface area contributed by atoms with Gasteiger partial charge in [0.15, 0.2) is 0 Å². The van der Waals surface area contributed by atoms with Gasteiger partial charge in [0.1, 0.15) is 0 Å². The fourth-order valence-corrected chi connectivity index (χ4v) is 3.13. The molecule has 2 aliphatic rings. The molecule has 6 heteroatoms. The first kappa shape index (κ1) is 16.6. The Labute approximate surface area is 152 Å². The number of aromatic nitrogens is 1. The van der Waals surface area contributed by atoms with Crippen molar-refractivity contribution >= 4 is 17.6 Å². The molecule has 1 aliphatic heterocycles. The second kappa shape index (κ2) is 6.44. The number of rotatable bonds is 4. The van der Waals surface area contributed by atoms with E-state index in [4.69, 9.17) is 0 Å². The summed E-state index contributed by atoms with van der Waals surface area (Å²) >= 11 is 0. The Morgan fingerprint density at radius 2 is 2.00 bits per heavy atom. The van der Waals surface area contributed by atoms with E-state index in [1.54, 1.807) is 23.0 Å². The second-order valence-electron chi connectivity index (χ2n) is 7.03. The van der Waals surface area contributed by atoms with Crippen LogP contribution in [0.3, 0.4) is 0 Å². The molecule has 6 nitrogen and oxygen atoms in total. The Morgan fingerprint density at radius 3 is 2.62 bits per heavy atom. The van der Waals surface area contributed by atoms with Crippen molar-refractivity contribution in [1.82, 2.24) is 15.2 Å². The van der Waals surface area contributed by atoms with Crippen molar-refractivity contribution < 1.29 is 9.59 Å². The first-order valence-electron chi connectivity index (χ1n) is 8.93. The van der Waals surface area contributed by atoms with Crippen LogP contribution in [0.2, 0.25) is 0 Å². The van der Waals surface area contributed by atoms with E-state index in [2.05, 4.69) is 10.3 Å². The van der Waals surface area contributed by atoms with Gasteiger partial charge in [-0.3, -0.25) is 14.7 Å². The first-order chi connectivity index (χ1) is 12.5. The lowest BCUT2D eigenvalue weighted by atomic mass is 10.0. The maximum atomic E-state index is 12.3. The SMILES string of the molecule is Cc1ccc(C(=O)NC2CC2)cc1-c1ccc(N2CCN(C)C2=O)cn1. The average molecular weight is 350 g/mol. The zero-order valence-corrected chi connectivity index (χ0v) is 15.0. The van der Waals surface area contributed by atoms with Gasteiger partial charge in [0.2, 0.25) is 0 Å². The van der Waals surface area contributed by atoms with Gasteiger partial charge in [-0.25, -0.2) is 4.79 Å². The van der Waals surface area contributed by atoms with E-state index in [1.165, 1.54) is 0 Å². The van der Waals surface area contributed by atoms with Gasteiger partial charge in [-0.2, -0.15) is 0 Å². The number of pyridine rings is 1. The molecule has 1 aromatic carbocycles. The number of urea groups is 1. The van der Waals surface area contributed by atoms with Crippen molar-refractivity contribution in [2.24, 2.45) is 0 Å². The fourth-order valence-electron chi connectivity index (χ4n) is 3.13. The number of nitrogens with zero attached hydrogens (tertiary/aromatic N) is 3. The van der Waals surface area contributed by atoms with E-state index in [9.17, 15) is 9.59 Å². The number of benzene rings is 1. The van der Waals surface area contributed by atoms with Crippen molar-refractivity contribution in [1.29, 1.82) is 0 Å². The lowest BCUT2D eigenvalue weighted by molar-refractivity contribution is 0.0951. The van der Waals surface area contributed by atoms with E-state index in [-0.39, 0.29) is 11.9 Å². The van der Waals surface area contributed by atoms with Crippen LogP contribution in [-0.4, -0.2) is 48.0 Å². The molecule has 26 heavy (non-hydrogen) atoms. The summed E-state index contributed by atoms with van der Waals surface area (Å²) in [6.07, 6.45) is 3.86. The highest BCUT2D eigenvalue weighted by Gasteiger charge is 2.27. The average Bonchev–Trinajstić information content (AvgIpc) is 3.40. The normalized spacial score (nSPS) is 16.9. The van der Waals surface area contributed by atoms with Crippen molar-refractivity contribution in [2.75, 3.05) is 25.0 Å². The molecule has 0 radical (unpaired) electrons. The molecule has 2 aromatic rings.